The Morgan fingerprint density at radius 2 is 2.12 bits per heavy atom. The van der Waals surface area contributed by atoms with Crippen molar-refractivity contribution in [3.05, 3.63) is 23.0 Å². The van der Waals surface area contributed by atoms with Gasteiger partial charge in [-0.05, 0) is 19.1 Å². The van der Waals surface area contributed by atoms with Crippen molar-refractivity contribution >= 4 is 23.4 Å². The lowest BCUT2D eigenvalue weighted by Gasteiger charge is -2.18. The molecule has 1 rings (SSSR count). The molecule has 7 heteroatoms. The fourth-order valence-corrected chi connectivity index (χ4v) is 1.27. The molecule has 0 saturated carbocycles. The quantitative estimate of drug-likeness (QED) is 0.843. The molecular formula is C10H13ClN4O2. The monoisotopic (exact) mass is 256 g/mol. The Morgan fingerprint density at radius 1 is 1.41 bits per heavy atom. The highest BCUT2D eigenvalue weighted by Gasteiger charge is 2.18. The maximum absolute atomic E-state index is 11.9. The third-order valence-electron chi connectivity index (χ3n) is 2.13. The topological polar surface area (TPSA) is 75.2 Å². The van der Waals surface area contributed by atoms with Crippen molar-refractivity contribution in [2.45, 2.75) is 6.92 Å². The largest absolute Gasteiger partial charge is 0.358 e. The van der Waals surface area contributed by atoms with Crippen molar-refractivity contribution in [2.75, 3.05) is 20.1 Å². The lowest BCUT2D eigenvalue weighted by molar-refractivity contribution is -0.121. The van der Waals surface area contributed by atoms with Crippen molar-refractivity contribution in [1.29, 1.82) is 0 Å². The summed E-state index contributed by atoms with van der Waals surface area (Å²) in [6, 6.07) is 2.96. The Kier molecular flexibility index (Phi) is 4.84. The summed E-state index contributed by atoms with van der Waals surface area (Å²) < 4.78 is 0. The van der Waals surface area contributed by atoms with E-state index < -0.39 is 0 Å². The Morgan fingerprint density at radius 3 is 2.59 bits per heavy atom. The third-order valence-corrected chi connectivity index (χ3v) is 2.33. The molecule has 6 nitrogen and oxygen atoms in total. The van der Waals surface area contributed by atoms with Crippen LogP contribution in [0.15, 0.2) is 12.1 Å². The van der Waals surface area contributed by atoms with Crippen molar-refractivity contribution in [1.82, 2.24) is 20.4 Å². The highest BCUT2D eigenvalue weighted by molar-refractivity contribution is 6.29. The van der Waals surface area contributed by atoms with Crippen LogP contribution in [0.2, 0.25) is 5.15 Å². The summed E-state index contributed by atoms with van der Waals surface area (Å²) in [6.07, 6.45) is 0. The first-order valence-electron chi connectivity index (χ1n) is 5.07. The average Bonchev–Trinajstić information content (AvgIpc) is 2.35. The molecule has 1 aromatic rings. The molecule has 2 amide bonds. The molecule has 1 heterocycles. The van der Waals surface area contributed by atoms with Crippen LogP contribution in [0.1, 0.15) is 17.4 Å². The first-order chi connectivity index (χ1) is 8.08. The minimum Gasteiger partial charge on any atom is -0.358 e. The van der Waals surface area contributed by atoms with E-state index in [9.17, 15) is 9.59 Å². The highest BCUT2D eigenvalue weighted by Crippen LogP contribution is 2.05. The van der Waals surface area contributed by atoms with Crippen LogP contribution < -0.4 is 5.32 Å². The fraction of sp³-hybridized carbons (Fsp3) is 0.400. The van der Waals surface area contributed by atoms with E-state index in [2.05, 4.69) is 15.5 Å². The highest BCUT2D eigenvalue weighted by atomic mass is 35.5. The fourth-order valence-electron chi connectivity index (χ4n) is 1.17. The molecule has 92 valence electrons. The van der Waals surface area contributed by atoms with E-state index in [1.807, 2.05) is 0 Å². The number of carbonyl (C=O) groups excluding carboxylic acids is 2. The SMILES string of the molecule is CCN(CC(=O)NC)C(=O)c1ccc(Cl)nn1. The molecule has 0 radical (unpaired) electrons. The predicted octanol–water partition coefficient (Wildman–Crippen LogP) is 0.338. The average molecular weight is 257 g/mol. The van der Waals surface area contributed by atoms with Crippen LogP contribution in [0, 0.1) is 0 Å². The second-order valence-corrected chi connectivity index (χ2v) is 3.62. The molecule has 0 fully saturated rings. The molecule has 0 aromatic carbocycles. The first-order valence-corrected chi connectivity index (χ1v) is 5.45. The van der Waals surface area contributed by atoms with Crippen molar-refractivity contribution in [3.63, 3.8) is 0 Å². The molecule has 0 aliphatic rings. The predicted molar refractivity (Wildman–Crippen MR) is 62.7 cm³/mol. The van der Waals surface area contributed by atoms with Crippen LogP contribution >= 0.6 is 11.6 Å². The lowest BCUT2D eigenvalue weighted by Crippen LogP contribution is -2.39. The van der Waals surface area contributed by atoms with Crippen LogP contribution in [-0.2, 0) is 4.79 Å². The molecule has 17 heavy (non-hydrogen) atoms. The number of nitrogens with one attached hydrogen (secondary N) is 1. The van der Waals surface area contributed by atoms with Crippen molar-refractivity contribution in [3.8, 4) is 0 Å². The van der Waals surface area contributed by atoms with E-state index in [1.54, 1.807) is 6.92 Å². The molecule has 0 spiro atoms. The Hall–Kier alpha value is -1.69. The lowest BCUT2D eigenvalue weighted by atomic mass is 10.3. The zero-order chi connectivity index (χ0) is 12.8. The number of likely N-dealkylation sites (N-methyl/N-ethyl adjacent to an activating group) is 2. The Labute approximate surface area is 104 Å². The summed E-state index contributed by atoms with van der Waals surface area (Å²) in [5.41, 5.74) is 0.167. The van der Waals surface area contributed by atoms with Gasteiger partial charge in [-0.1, -0.05) is 11.6 Å². The van der Waals surface area contributed by atoms with Crippen LogP contribution in [0.4, 0.5) is 0 Å². The molecule has 0 aliphatic carbocycles. The maximum atomic E-state index is 11.9. The molecule has 1 aromatic heterocycles. The molecule has 0 aliphatic heterocycles. The number of hydrogen-bond donors (Lipinski definition) is 1. The number of carbonyl (C=O) groups is 2. The molecule has 1 N–H and O–H groups in total. The summed E-state index contributed by atoms with van der Waals surface area (Å²) in [4.78, 5) is 24.5. The number of hydrogen-bond acceptors (Lipinski definition) is 4. The second-order valence-electron chi connectivity index (χ2n) is 3.23. The second kappa shape index (κ2) is 6.15. The summed E-state index contributed by atoms with van der Waals surface area (Å²) in [5, 5.41) is 9.93. The number of amides is 2. The number of aromatic nitrogens is 2. The first kappa shape index (κ1) is 13.4. The summed E-state index contributed by atoms with van der Waals surface area (Å²) in [5.74, 6) is -0.581. The standard InChI is InChI=1S/C10H13ClN4O2/c1-3-15(6-9(16)12-2)10(17)7-4-5-8(11)14-13-7/h4-5H,3,6H2,1-2H3,(H,12,16). The van der Waals surface area contributed by atoms with Crippen LogP contribution in [0.5, 0.6) is 0 Å². The number of halogens is 1. The summed E-state index contributed by atoms with van der Waals surface area (Å²) >= 11 is 5.57. The van der Waals surface area contributed by atoms with E-state index in [-0.39, 0.29) is 29.2 Å². The molecule has 0 unspecified atom stereocenters. The zero-order valence-electron chi connectivity index (χ0n) is 9.61. The van der Waals surface area contributed by atoms with Crippen LogP contribution in [-0.4, -0.2) is 47.0 Å². The number of rotatable bonds is 4. The van der Waals surface area contributed by atoms with Gasteiger partial charge in [0.2, 0.25) is 5.91 Å². The van der Waals surface area contributed by atoms with Gasteiger partial charge in [0.15, 0.2) is 10.8 Å². The molecule has 0 saturated heterocycles. The molecular weight excluding hydrogens is 244 g/mol. The van der Waals surface area contributed by atoms with Gasteiger partial charge in [-0.25, -0.2) is 0 Å². The van der Waals surface area contributed by atoms with E-state index in [0.717, 1.165) is 0 Å². The smallest absolute Gasteiger partial charge is 0.274 e. The van der Waals surface area contributed by atoms with Gasteiger partial charge in [0.25, 0.3) is 5.91 Å². The van der Waals surface area contributed by atoms with Crippen LogP contribution in [0.3, 0.4) is 0 Å². The van der Waals surface area contributed by atoms with Crippen molar-refractivity contribution < 1.29 is 9.59 Å². The van der Waals surface area contributed by atoms with Gasteiger partial charge in [0.05, 0.1) is 6.54 Å². The minimum atomic E-state index is -0.347. The van der Waals surface area contributed by atoms with Gasteiger partial charge >= 0.3 is 0 Å². The van der Waals surface area contributed by atoms with Gasteiger partial charge < -0.3 is 10.2 Å². The zero-order valence-corrected chi connectivity index (χ0v) is 10.4. The maximum Gasteiger partial charge on any atom is 0.274 e. The van der Waals surface area contributed by atoms with Crippen LogP contribution in [0.25, 0.3) is 0 Å². The van der Waals surface area contributed by atoms with E-state index in [1.165, 1.54) is 24.1 Å². The van der Waals surface area contributed by atoms with Crippen molar-refractivity contribution in [2.24, 2.45) is 0 Å². The molecule has 0 atom stereocenters. The number of nitrogens with zero attached hydrogens (tertiary/aromatic N) is 3. The third kappa shape index (κ3) is 3.67. The van der Waals surface area contributed by atoms with Gasteiger partial charge in [-0.15, -0.1) is 10.2 Å². The van der Waals surface area contributed by atoms with Gasteiger partial charge in [-0.3, -0.25) is 9.59 Å². The van der Waals surface area contributed by atoms with Gasteiger partial charge in [0.1, 0.15) is 0 Å². The van der Waals surface area contributed by atoms with Gasteiger partial charge in [0, 0.05) is 13.6 Å². The molecule has 0 bridgehead atoms. The Bertz CT molecular complexity index is 407. The van der Waals surface area contributed by atoms with E-state index in [0.29, 0.717) is 6.54 Å². The summed E-state index contributed by atoms with van der Waals surface area (Å²) in [6.45, 7) is 2.19. The Balaban J connectivity index is 2.78. The van der Waals surface area contributed by atoms with E-state index in [4.69, 9.17) is 11.6 Å². The van der Waals surface area contributed by atoms with Gasteiger partial charge in [-0.2, -0.15) is 0 Å². The summed E-state index contributed by atoms with van der Waals surface area (Å²) in [7, 11) is 1.52. The normalized spacial score (nSPS) is 9.82. The van der Waals surface area contributed by atoms with E-state index >= 15 is 0 Å². The minimum absolute atomic E-state index is 0.00383.